The fourth-order valence-electron chi connectivity index (χ4n) is 7.41. The molecule has 2 saturated heterocycles. The van der Waals surface area contributed by atoms with Gasteiger partial charge in [-0.15, -0.1) is 0 Å². The zero-order chi connectivity index (χ0) is 38.0. The molecule has 0 spiro atoms. The van der Waals surface area contributed by atoms with Crippen LogP contribution in [-0.4, -0.2) is 119 Å². The number of nitrogens with one attached hydrogen (secondary N) is 1. The molecule has 4 atom stereocenters. The van der Waals surface area contributed by atoms with E-state index in [1.807, 2.05) is 53.7 Å². The lowest BCUT2D eigenvalue weighted by Gasteiger charge is -2.45. The maximum atomic E-state index is 17.1. The highest BCUT2D eigenvalue weighted by Crippen LogP contribution is 2.43. The highest BCUT2D eigenvalue weighted by molar-refractivity contribution is 6.35. The Balaban J connectivity index is 1.34. The number of carbonyl (C=O) groups excluding carboxylic acids is 1. The van der Waals surface area contributed by atoms with Crippen molar-refractivity contribution >= 4 is 45.3 Å². The third-order valence-electron chi connectivity index (χ3n) is 10.1. The Bertz CT molecular complexity index is 1920. The van der Waals surface area contributed by atoms with Crippen LogP contribution in [-0.2, 0) is 14.2 Å². The number of amides is 1. The van der Waals surface area contributed by atoms with Crippen LogP contribution in [0.1, 0.15) is 66.4 Å². The molecule has 0 radical (unpaired) electrons. The molecule has 1 amide bonds. The lowest BCUT2D eigenvalue weighted by molar-refractivity contribution is -0.0527. The van der Waals surface area contributed by atoms with E-state index in [1.165, 1.54) is 0 Å². The predicted octanol–water partition coefficient (Wildman–Crippen LogP) is 7.39. The first kappa shape index (κ1) is 38.9. The van der Waals surface area contributed by atoms with Crippen LogP contribution in [0, 0.1) is 12.7 Å². The summed E-state index contributed by atoms with van der Waals surface area (Å²) in [7, 11) is 1.77. The van der Waals surface area contributed by atoms with Gasteiger partial charge in [0.05, 0.1) is 29.4 Å². The quantitative estimate of drug-likeness (QED) is 0.166. The molecular weight excluding hydrogens is 701 g/mol. The molecule has 2 aliphatic rings. The van der Waals surface area contributed by atoms with E-state index in [4.69, 9.17) is 35.5 Å². The van der Waals surface area contributed by atoms with Crippen molar-refractivity contribution in [3.05, 3.63) is 40.8 Å². The molecule has 2 aromatic heterocycles. The van der Waals surface area contributed by atoms with Crippen molar-refractivity contribution in [2.45, 2.75) is 97.6 Å². The van der Waals surface area contributed by atoms with E-state index in [0.717, 1.165) is 48.8 Å². The van der Waals surface area contributed by atoms with Crippen molar-refractivity contribution in [2.75, 3.05) is 57.9 Å². The van der Waals surface area contributed by atoms with Gasteiger partial charge in [0.15, 0.2) is 5.82 Å². The van der Waals surface area contributed by atoms with Crippen LogP contribution < -0.4 is 9.64 Å². The normalized spacial score (nSPS) is 20.7. The van der Waals surface area contributed by atoms with Crippen LogP contribution >= 0.6 is 11.6 Å². The number of aromatic amines is 1. The second-order valence-electron chi connectivity index (χ2n) is 15.4. The van der Waals surface area contributed by atoms with Gasteiger partial charge in [0, 0.05) is 73.8 Å². The Kier molecular flexibility index (Phi) is 12.0. The van der Waals surface area contributed by atoms with Gasteiger partial charge in [-0.25, -0.2) is 9.18 Å². The van der Waals surface area contributed by atoms with Crippen molar-refractivity contribution in [2.24, 2.45) is 0 Å². The van der Waals surface area contributed by atoms with E-state index in [2.05, 4.69) is 31.9 Å². The fourth-order valence-corrected chi connectivity index (χ4v) is 7.69. The van der Waals surface area contributed by atoms with Gasteiger partial charge in [-0.2, -0.15) is 15.1 Å². The van der Waals surface area contributed by atoms with Gasteiger partial charge >= 0.3 is 12.1 Å². The number of fused-ring (bicyclic) bond motifs is 2. The number of benzene rings is 2. The lowest BCUT2D eigenvalue weighted by atomic mass is 9.95. The molecule has 1 N–H and O–H groups in total. The van der Waals surface area contributed by atoms with Gasteiger partial charge in [0.1, 0.15) is 29.6 Å². The third kappa shape index (κ3) is 8.64. The van der Waals surface area contributed by atoms with Crippen molar-refractivity contribution in [1.82, 2.24) is 30.0 Å². The van der Waals surface area contributed by atoms with Crippen molar-refractivity contribution in [3.8, 4) is 17.1 Å². The lowest BCUT2D eigenvalue weighted by Crippen LogP contribution is -2.59. The van der Waals surface area contributed by atoms with Gasteiger partial charge in [-0.05, 0) is 72.1 Å². The van der Waals surface area contributed by atoms with Crippen molar-refractivity contribution in [1.29, 1.82) is 0 Å². The summed E-state index contributed by atoms with van der Waals surface area (Å²) in [5, 5.41) is 8.60. The number of rotatable bonds is 11. The smallest absolute Gasteiger partial charge is 0.410 e. The summed E-state index contributed by atoms with van der Waals surface area (Å²) in [6.45, 7) is 17.6. The summed E-state index contributed by atoms with van der Waals surface area (Å²) >= 11 is 7.00. The Hall–Kier alpha value is -3.78. The number of aryl methyl sites for hydroxylation is 1. The summed E-state index contributed by atoms with van der Waals surface area (Å²) in [6, 6.07) is 5.17. The third-order valence-corrected chi connectivity index (χ3v) is 10.4. The molecule has 2 fully saturated rings. The summed E-state index contributed by atoms with van der Waals surface area (Å²) in [6.07, 6.45) is 4.37. The predicted molar refractivity (Wildman–Crippen MR) is 206 cm³/mol. The molecule has 53 heavy (non-hydrogen) atoms. The van der Waals surface area contributed by atoms with Crippen LogP contribution in [0.2, 0.25) is 5.02 Å². The Morgan fingerprint density at radius 2 is 1.91 bits per heavy atom. The van der Waals surface area contributed by atoms with Crippen LogP contribution in [0.15, 0.2) is 24.4 Å². The minimum Gasteiger partial charge on any atom is -0.461 e. The van der Waals surface area contributed by atoms with Crippen LogP contribution in [0.25, 0.3) is 32.9 Å². The van der Waals surface area contributed by atoms with E-state index >= 15 is 4.39 Å². The maximum absolute atomic E-state index is 17.1. The average Bonchev–Trinajstić information content (AvgIpc) is 3.59. The fraction of sp³-hybridized carbons (Fsp3) is 0.590. The van der Waals surface area contributed by atoms with Gasteiger partial charge < -0.3 is 28.7 Å². The number of H-pyrrole nitrogens is 1. The maximum Gasteiger partial charge on any atom is 0.410 e. The number of halogens is 2. The Morgan fingerprint density at radius 1 is 1.11 bits per heavy atom. The molecule has 288 valence electrons. The minimum absolute atomic E-state index is 0.0375. The number of piperazine rings is 1. The monoisotopic (exact) mass is 753 g/mol. The molecule has 4 heterocycles. The summed E-state index contributed by atoms with van der Waals surface area (Å²) < 4.78 is 40.9. The van der Waals surface area contributed by atoms with Crippen LogP contribution in [0.5, 0.6) is 6.01 Å². The highest BCUT2D eigenvalue weighted by Gasteiger charge is 2.37. The second-order valence-corrected chi connectivity index (χ2v) is 15.8. The van der Waals surface area contributed by atoms with Gasteiger partial charge in [0.25, 0.3) is 0 Å². The van der Waals surface area contributed by atoms with Crippen molar-refractivity contribution < 1.29 is 28.1 Å². The zero-order valence-corrected chi connectivity index (χ0v) is 32.9. The van der Waals surface area contributed by atoms with E-state index in [9.17, 15) is 4.79 Å². The standard InChI is InChI=1S/C39H53ClFN7O5/c1-9-10-26(50-8)13-14-46-15-16-51-27(21-46)22-52-37-43-35-28(17-30(40)33(34(35)41)32-23(2)11-12-31-29(32)18-42-45-31)36(44-37)47-19-25(4)48(20-24(47)3)38(49)53-39(5,6)7/h11-12,17-18,24-27H,9-10,13-16,19-22H2,1-8H3,(H,42,45)/t24-,25+,26?,27+/m0/s1. The highest BCUT2D eigenvalue weighted by atomic mass is 35.5. The van der Waals surface area contributed by atoms with Gasteiger partial charge in [-0.1, -0.05) is 31.0 Å². The first-order valence-corrected chi connectivity index (χ1v) is 19.0. The largest absolute Gasteiger partial charge is 0.461 e. The average molecular weight is 754 g/mol. The molecule has 2 aliphatic heterocycles. The molecule has 0 aliphatic carbocycles. The van der Waals surface area contributed by atoms with E-state index in [0.29, 0.717) is 43.0 Å². The molecule has 0 bridgehead atoms. The summed E-state index contributed by atoms with van der Waals surface area (Å²) in [5.41, 5.74) is 1.95. The number of ether oxygens (including phenoxy) is 4. The number of hydrogen-bond acceptors (Lipinski definition) is 10. The molecule has 4 aromatic rings. The molecule has 6 rings (SSSR count). The number of methoxy groups -OCH3 is 1. The molecule has 12 nitrogen and oxygen atoms in total. The number of nitrogens with zero attached hydrogens (tertiary/aromatic N) is 6. The second kappa shape index (κ2) is 16.3. The van der Waals surface area contributed by atoms with Crippen molar-refractivity contribution in [3.63, 3.8) is 0 Å². The first-order valence-electron chi connectivity index (χ1n) is 18.7. The van der Waals surface area contributed by atoms with E-state index < -0.39 is 11.4 Å². The Labute approximate surface area is 316 Å². The summed E-state index contributed by atoms with van der Waals surface area (Å²) in [5.74, 6) is -0.0998. The number of morpholine rings is 1. The Morgan fingerprint density at radius 3 is 2.64 bits per heavy atom. The van der Waals surface area contributed by atoms with Gasteiger partial charge in [-0.3, -0.25) is 10.00 Å². The molecular formula is C39H53ClFN7O5. The van der Waals surface area contributed by atoms with E-state index in [-0.39, 0.29) is 59.1 Å². The summed E-state index contributed by atoms with van der Waals surface area (Å²) in [4.78, 5) is 28.9. The van der Waals surface area contributed by atoms with Crippen LogP contribution in [0.3, 0.4) is 0 Å². The topological polar surface area (TPSA) is 118 Å². The first-order chi connectivity index (χ1) is 25.3. The number of carbonyl (C=O) groups is 1. The zero-order valence-electron chi connectivity index (χ0n) is 32.2. The van der Waals surface area contributed by atoms with Crippen LogP contribution in [0.4, 0.5) is 15.0 Å². The minimum atomic E-state index is -0.627. The number of aromatic nitrogens is 4. The SMILES string of the molecule is CCCC(CCN1CCO[C@@H](COc2nc(N3C[C@@H](C)N(C(=O)OC(C)(C)C)C[C@@H]3C)c3cc(Cl)c(-c4c(C)ccc5[nH]ncc45)c(F)c3n2)C1)OC. The van der Waals surface area contributed by atoms with E-state index in [1.54, 1.807) is 24.3 Å². The molecule has 2 aromatic carbocycles. The molecule has 0 saturated carbocycles. The molecule has 1 unspecified atom stereocenters. The number of hydrogen-bond donors (Lipinski definition) is 1. The number of anilines is 1. The molecule has 14 heteroatoms. The van der Waals surface area contributed by atoms with Gasteiger partial charge in [0.2, 0.25) is 0 Å².